The number of ether oxygens (including phenoxy) is 1. The Morgan fingerprint density at radius 1 is 1.77 bits per heavy atom. The molecule has 0 radical (unpaired) electrons. The Labute approximate surface area is 76.7 Å². The average molecular weight is 180 g/mol. The number of nitrogens with one attached hydrogen (secondary N) is 1. The lowest BCUT2D eigenvalue weighted by atomic mass is 10.3. The number of hydrogen-bond donors (Lipinski definition) is 2. The van der Waals surface area contributed by atoms with E-state index in [1.807, 2.05) is 0 Å². The monoisotopic (exact) mass is 180 g/mol. The van der Waals surface area contributed by atoms with Crippen molar-refractivity contribution < 1.29 is 9.53 Å². The molecule has 3 N–H and O–H groups in total. The SMILES string of the molecule is C=C1NC(=O)CO/C1=C/C=C(/C)N. The fourth-order valence-corrected chi connectivity index (χ4v) is 0.852. The summed E-state index contributed by atoms with van der Waals surface area (Å²) in [6.45, 7) is 5.42. The molecule has 1 amide bonds. The van der Waals surface area contributed by atoms with Crippen molar-refractivity contribution in [2.45, 2.75) is 6.92 Å². The van der Waals surface area contributed by atoms with E-state index in [0.29, 0.717) is 17.2 Å². The van der Waals surface area contributed by atoms with E-state index in [4.69, 9.17) is 10.5 Å². The largest absolute Gasteiger partial charge is 0.482 e. The highest BCUT2D eigenvalue weighted by Gasteiger charge is 2.15. The highest BCUT2D eigenvalue weighted by atomic mass is 16.5. The van der Waals surface area contributed by atoms with Crippen molar-refractivity contribution in [1.29, 1.82) is 0 Å². The number of rotatable bonds is 1. The zero-order chi connectivity index (χ0) is 9.84. The third-order valence-corrected chi connectivity index (χ3v) is 1.44. The zero-order valence-corrected chi connectivity index (χ0v) is 7.46. The van der Waals surface area contributed by atoms with Crippen molar-refractivity contribution >= 4 is 5.91 Å². The lowest BCUT2D eigenvalue weighted by molar-refractivity contribution is -0.125. The van der Waals surface area contributed by atoms with E-state index in [-0.39, 0.29) is 12.5 Å². The van der Waals surface area contributed by atoms with Crippen molar-refractivity contribution in [1.82, 2.24) is 5.32 Å². The predicted octanol–water partition coefficient (Wildman–Crippen LogP) is 0.393. The first kappa shape index (κ1) is 9.38. The normalized spacial score (nSPS) is 21.3. The summed E-state index contributed by atoms with van der Waals surface area (Å²) < 4.78 is 5.10. The molecule has 0 atom stereocenters. The molecule has 1 rings (SSSR count). The van der Waals surface area contributed by atoms with Gasteiger partial charge in [0, 0.05) is 5.70 Å². The highest BCUT2D eigenvalue weighted by Crippen LogP contribution is 2.11. The summed E-state index contributed by atoms with van der Waals surface area (Å²) in [7, 11) is 0. The third kappa shape index (κ3) is 2.66. The van der Waals surface area contributed by atoms with Crippen molar-refractivity contribution in [3.05, 3.63) is 35.9 Å². The van der Waals surface area contributed by atoms with Gasteiger partial charge in [-0.15, -0.1) is 0 Å². The van der Waals surface area contributed by atoms with Crippen LogP contribution in [-0.2, 0) is 9.53 Å². The van der Waals surface area contributed by atoms with Gasteiger partial charge in [0.25, 0.3) is 5.91 Å². The Kier molecular flexibility index (Phi) is 2.74. The Hall–Kier alpha value is -1.71. The molecule has 1 heterocycles. The molecule has 1 saturated heterocycles. The summed E-state index contributed by atoms with van der Waals surface area (Å²) in [5.74, 6) is 0.361. The second-order valence-electron chi connectivity index (χ2n) is 2.76. The molecule has 1 fully saturated rings. The standard InChI is InChI=1S/C9H12N2O2/c1-6(10)3-4-8-7(2)11-9(12)5-13-8/h3-4H,2,5,10H2,1H3,(H,11,12)/b6-3-,8-4+. The van der Waals surface area contributed by atoms with Crippen LogP contribution in [0.1, 0.15) is 6.92 Å². The second-order valence-corrected chi connectivity index (χ2v) is 2.76. The van der Waals surface area contributed by atoms with Crippen LogP contribution in [0.2, 0.25) is 0 Å². The topological polar surface area (TPSA) is 64.3 Å². The van der Waals surface area contributed by atoms with Crippen molar-refractivity contribution in [3.63, 3.8) is 0 Å². The van der Waals surface area contributed by atoms with Crippen molar-refractivity contribution in [2.24, 2.45) is 5.73 Å². The van der Waals surface area contributed by atoms with E-state index in [9.17, 15) is 4.79 Å². The van der Waals surface area contributed by atoms with Gasteiger partial charge in [-0.1, -0.05) is 6.58 Å². The fraction of sp³-hybridized carbons (Fsp3) is 0.222. The molecule has 4 nitrogen and oxygen atoms in total. The van der Waals surface area contributed by atoms with Gasteiger partial charge in [-0.05, 0) is 19.1 Å². The Balaban J connectivity index is 2.72. The van der Waals surface area contributed by atoms with Crippen molar-refractivity contribution in [2.75, 3.05) is 6.61 Å². The third-order valence-electron chi connectivity index (χ3n) is 1.44. The summed E-state index contributed by atoms with van der Waals surface area (Å²) in [5, 5.41) is 2.56. The quantitative estimate of drug-likeness (QED) is 0.613. The molecule has 70 valence electrons. The van der Waals surface area contributed by atoms with E-state index < -0.39 is 0 Å². The minimum atomic E-state index is -0.185. The minimum Gasteiger partial charge on any atom is -0.482 e. The van der Waals surface area contributed by atoms with E-state index in [2.05, 4.69) is 11.9 Å². The van der Waals surface area contributed by atoms with E-state index in [0.717, 1.165) is 0 Å². The van der Waals surface area contributed by atoms with Gasteiger partial charge in [0.15, 0.2) is 6.61 Å². The van der Waals surface area contributed by atoms with Crippen LogP contribution < -0.4 is 11.1 Å². The highest BCUT2D eigenvalue weighted by molar-refractivity contribution is 5.81. The van der Waals surface area contributed by atoms with Gasteiger partial charge in [-0.25, -0.2) is 0 Å². The zero-order valence-electron chi connectivity index (χ0n) is 7.46. The molecule has 0 aromatic heterocycles. The van der Waals surface area contributed by atoms with Crippen LogP contribution in [0.5, 0.6) is 0 Å². The van der Waals surface area contributed by atoms with Gasteiger partial charge in [0.05, 0.1) is 5.70 Å². The Morgan fingerprint density at radius 2 is 2.46 bits per heavy atom. The molecule has 0 spiro atoms. The number of hydrogen-bond acceptors (Lipinski definition) is 3. The fourth-order valence-electron chi connectivity index (χ4n) is 0.852. The van der Waals surface area contributed by atoms with E-state index in [1.165, 1.54) is 0 Å². The maximum absolute atomic E-state index is 10.8. The van der Waals surface area contributed by atoms with Crippen LogP contribution >= 0.6 is 0 Å². The summed E-state index contributed by atoms with van der Waals surface area (Å²) in [5.41, 5.74) is 6.56. The molecule has 0 aromatic rings. The van der Waals surface area contributed by atoms with E-state index >= 15 is 0 Å². The molecule has 0 aliphatic carbocycles. The molecular weight excluding hydrogens is 168 g/mol. The number of allylic oxidation sites excluding steroid dienone is 3. The van der Waals surface area contributed by atoms with Crippen LogP contribution in [0.3, 0.4) is 0 Å². The summed E-state index contributed by atoms with van der Waals surface area (Å²) in [4.78, 5) is 10.8. The Morgan fingerprint density at radius 3 is 3.00 bits per heavy atom. The number of nitrogens with two attached hydrogens (primary N) is 1. The molecule has 0 saturated carbocycles. The van der Waals surface area contributed by atoms with Crippen LogP contribution in [0.15, 0.2) is 35.9 Å². The lowest BCUT2D eigenvalue weighted by Gasteiger charge is -2.18. The van der Waals surface area contributed by atoms with Crippen LogP contribution in [0.25, 0.3) is 0 Å². The molecule has 0 bridgehead atoms. The molecule has 1 aliphatic rings. The second kappa shape index (κ2) is 3.80. The summed E-state index contributed by atoms with van der Waals surface area (Å²) in [6, 6.07) is 0. The maximum Gasteiger partial charge on any atom is 0.262 e. The molecule has 0 unspecified atom stereocenters. The number of amides is 1. The smallest absolute Gasteiger partial charge is 0.262 e. The van der Waals surface area contributed by atoms with Crippen molar-refractivity contribution in [3.8, 4) is 0 Å². The lowest BCUT2D eigenvalue weighted by Crippen LogP contribution is -2.33. The number of morpholine rings is 1. The van der Waals surface area contributed by atoms with Gasteiger partial charge in [0.2, 0.25) is 0 Å². The van der Waals surface area contributed by atoms with Gasteiger partial charge < -0.3 is 15.8 Å². The summed E-state index contributed by atoms with van der Waals surface area (Å²) in [6.07, 6.45) is 3.37. The summed E-state index contributed by atoms with van der Waals surface area (Å²) >= 11 is 0. The van der Waals surface area contributed by atoms with Gasteiger partial charge >= 0.3 is 0 Å². The van der Waals surface area contributed by atoms with Crippen LogP contribution in [-0.4, -0.2) is 12.5 Å². The minimum absolute atomic E-state index is 0.0301. The molecule has 4 heteroatoms. The van der Waals surface area contributed by atoms with Gasteiger partial charge in [-0.2, -0.15) is 0 Å². The molecule has 13 heavy (non-hydrogen) atoms. The molecular formula is C9H12N2O2. The molecule has 1 aliphatic heterocycles. The maximum atomic E-state index is 10.8. The average Bonchev–Trinajstić information content (AvgIpc) is 2.02. The van der Waals surface area contributed by atoms with Gasteiger partial charge in [0.1, 0.15) is 5.76 Å². The van der Waals surface area contributed by atoms with Crippen LogP contribution in [0.4, 0.5) is 0 Å². The predicted molar refractivity (Wildman–Crippen MR) is 49.3 cm³/mol. The number of carbonyl (C=O) groups is 1. The van der Waals surface area contributed by atoms with Crippen LogP contribution in [0, 0.1) is 0 Å². The van der Waals surface area contributed by atoms with Gasteiger partial charge in [-0.3, -0.25) is 4.79 Å². The Bertz CT molecular complexity index is 299. The first-order valence-corrected chi connectivity index (χ1v) is 3.85. The number of carbonyl (C=O) groups excluding carboxylic acids is 1. The first-order valence-electron chi connectivity index (χ1n) is 3.85. The first-order chi connectivity index (χ1) is 6.09. The van der Waals surface area contributed by atoms with E-state index in [1.54, 1.807) is 19.1 Å². The molecule has 0 aromatic carbocycles.